The normalized spacial score (nSPS) is 9.86. The molecular weight excluding hydrogens is 286 g/mol. The molecule has 2 aromatic rings. The summed E-state index contributed by atoms with van der Waals surface area (Å²) in [7, 11) is 2.49. The van der Waals surface area contributed by atoms with Crippen molar-refractivity contribution in [3.05, 3.63) is 47.3 Å². The number of carbonyl (C=O) groups excluding carboxylic acids is 2. The Hall–Kier alpha value is -3.27. The van der Waals surface area contributed by atoms with Gasteiger partial charge in [-0.05, 0) is 18.2 Å². The van der Waals surface area contributed by atoms with Crippen molar-refractivity contribution in [3.8, 4) is 11.8 Å². The third-order valence-electron chi connectivity index (χ3n) is 3.09. The first-order chi connectivity index (χ1) is 10.5. The van der Waals surface area contributed by atoms with Gasteiger partial charge in [0.1, 0.15) is 6.07 Å². The minimum Gasteiger partial charge on any atom is -0.465 e. The van der Waals surface area contributed by atoms with Gasteiger partial charge in [-0.1, -0.05) is 6.07 Å². The molecule has 0 saturated carbocycles. The molecule has 2 rings (SSSR count). The van der Waals surface area contributed by atoms with Crippen molar-refractivity contribution < 1.29 is 19.1 Å². The molecule has 7 heteroatoms. The molecule has 0 atom stereocenters. The number of benzene rings is 1. The van der Waals surface area contributed by atoms with E-state index < -0.39 is 11.9 Å². The van der Waals surface area contributed by atoms with Crippen molar-refractivity contribution >= 4 is 17.6 Å². The number of carbonyl (C=O) groups is 2. The van der Waals surface area contributed by atoms with Gasteiger partial charge in [-0.3, -0.25) is 0 Å². The molecule has 0 amide bonds. The summed E-state index contributed by atoms with van der Waals surface area (Å²) >= 11 is 0. The zero-order valence-corrected chi connectivity index (χ0v) is 12.0. The van der Waals surface area contributed by atoms with E-state index in [0.29, 0.717) is 11.3 Å². The molecule has 0 saturated heterocycles. The first kappa shape index (κ1) is 15.1. The Kier molecular flexibility index (Phi) is 4.13. The summed E-state index contributed by atoms with van der Waals surface area (Å²) in [6, 6.07) is 8.31. The highest BCUT2D eigenvalue weighted by atomic mass is 16.5. The Labute approximate surface area is 126 Å². The van der Waals surface area contributed by atoms with Crippen molar-refractivity contribution in [1.29, 1.82) is 5.26 Å². The van der Waals surface area contributed by atoms with E-state index in [1.165, 1.54) is 31.0 Å². The maximum absolute atomic E-state index is 11.9. The third-order valence-corrected chi connectivity index (χ3v) is 3.09. The largest absolute Gasteiger partial charge is 0.465 e. The fraction of sp³-hybridized carbons (Fsp3) is 0.133. The van der Waals surface area contributed by atoms with Crippen LogP contribution in [0.4, 0.5) is 5.69 Å². The van der Waals surface area contributed by atoms with Gasteiger partial charge in [0.15, 0.2) is 5.69 Å². The second-order valence-corrected chi connectivity index (χ2v) is 4.32. The fourth-order valence-electron chi connectivity index (χ4n) is 2.02. The molecule has 0 fully saturated rings. The van der Waals surface area contributed by atoms with Crippen molar-refractivity contribution in [1.82, 2.24) is 4.57 Å². The van der Waals surface area contributed by atoms with Crippen LogP contribution < -0.4 is 5.73 Å². The standard InChI is InChI=1S/C15H13N3O4/c1-21-14(19)9-4-3-5-11(6-9)18-8-10(7-16)12(17)13(18)15(20)22-2/h3-6,8H,17H2,1-2H3. The van der Waals surface area contributed by atoms with E-state index in [1.807, 2.05) is 6.07 Å². The summed E-state index contributed by atoms with van der Waals surface area (Å²) in [5.41, 5.74) is 6.80. The van der Waals surface area contributed by atoms with Gasteiger partial charge in [0.2, 0.25) is 0 Å². The second-order valence-electron chi connectivity index (χ2n) is 4.32. The Morgan fingerprint density at radius 2 is 1.91 bits per heavy atom. The topological polar surface area (TPSA) is 107 Å². The van der Waals surface area contributed by atoms with Crippen LogP contribution >= 0.6 is 0 Å². The monoisotopic (exact) mass is 299 g/mol. The molecule has 1 heterocycles. The quantitative estimate of drug-likeness (QED) is 0.861. The van der Waals surface area contributed by atoms with Gasteiger partial charge in [-0.2, -0.15) is 5.26 Å². The molecular formula is C15H13N3O4. The molecule has 0 radical (unpaired) electrons. The number of nitrogen functional groups attached to an aromatic ring is 1. The number of methoxy groups -OCH3 is 2. The molecule has 0 aliphatic rings. The van der Waals surface area contributed by atoms with E-state index in [2.05, 4.69) is 4.74 Å². The minimum absolute atomic E-state index is 0.0258. The highest BCUT2D eigenvalue weighted by Gasteiger charge is 2.22. The van der Waals surface area contributed by atoms with E-state index in [1.54, 1.807) is 18.2 Å². The number of anilines is 1. The van der Waals surface area contributed by atoms with Crippen LogP contribution in [0.2, 0.25) is 0 Å². The van der Waals surface area contributed by atoms with Crippen LogP contribution in [0.25, 0.3) is 5.69 Å². The van der Waals surface area contributed by atoms with Gasteiger partial charge in [-0.15, -0.1) is 0 Å². The van der Waals surface area contributed by atoms with E-state index in [4.69, 9.17) is 15.7 Å². The fourth-order valence-corrected chi connectivity index (χ4v) is 2.02. The molecule has 0 unspecified atom stereocenters. The van der Waals surface area contributed by atoms with Crippen LogP contribution in [0.3, 0.4) is 0 Å². The number of hydrogen-bond donors (Lipinski definition) is 1. The summed E-state index contributed by atoms with van der Waals surface area (Å²) in [6.07, 6.45) is 1.41. The van der Waals surface area contributed by atoms with Crippen LogP contribution in [-0.4, -0.2) is 30.7 Å². The van der Waals surface area contributed by atoms with E-state index in [0.717, 1.165) is 0 Å². The third kappa shape index (κ3) is 2.50. The molecule has 22 heavy (non-hydrogen) atoms. The van der Waals surface area contributed by atoms with E-state index in [9.17, 15) is 9.59 Å². The number of nitrogens with zero attached hydrogens (tertiary/aromatic N) is 2. The van der Waals surface area contributed by atoms with Crippen LogP contribution in [0.1, 0.15) is 26.4 Å². The van der Waals surface area contributed by atoms with Crippen LogP contribution in [0.15, 0.2) is 30.5 Å². The molecule has 112 valence electrons. The number of ether oxygens (including phenoxy) is 2. The lowest BCUT2D eigenvalue weighted by atomic mass is 10.2. The predicted octanol–water partition coefficient (Wildman–Crippen LogP) is 1.50. The average molecular weight is 299 g/mol. The van der Waals surface area contributed by atoms with Gasteiger partial charge >= 0.3 is 11.9 Å². The Morgan fingerprint density at radius 3 is 2.50 bits per heavy atom. The molecule has 1 aromatic carbocycles. The lowest BCUT2D eigenvalue weighted by Crippen LogP contribution is -2.11. The number of aromatic nitrogens is 1. The number of esters is 2. The Balaban J connectivity index is 2.65. The first-order valence-electron chi connectivity index (χ1n) is 6.21. The molecule has 1 aromatic heterocycles. The predicted molar refractivity (Wildman–Crippen MR) is 77.6 cm³/mol. The van der Waals surface area contributed by atoms with Crippen LogP contribution in [-0.2, 0) is 9.47 Å². The molecule has 0 aliphatic heterocycles. The highest BCUT2D eigenvalue weighted by molar-refractivity contribution is 5.96. The molecule has 7 nitrogen and oxygen atoms in total. The van der Waals surface area contributed by atoms with Crippen molar-refractivity contribution in [2.75, 3.05) is 20.0 Å². The Bertz CT molecular complexity index is 787. The van der Waals surface area contributed by atoms with Crippen LogP contribution in [0.5, 0.6) is 0 Å². The van der Waals surface area contributed by atoms with E-state index >= 15 is 0 Å². The zero-order chi connectivity index (χ0) is 16.3. The van der Waals surface area contributed by atoms with Gasteiger partial charge in [0.25, 0.3) is 0 Å². The zero-order valence-electron chi connectivity index (χ0n) is 12.0. The van der Waals surface area contributed by atoms with E-state index in [-0.39, 0.29) is 16.9 Å². The number of rotatable bonds is 3. The smallest absolute Gasteiger partial charge is 0.357 e. The summed E-state index contributed by atoms with van der Waals surface area (Å²) in [6.45, 7) is 0. The SMILES string of the molecule is COC(=O)c1cccc(-n2cc(C#N)c(N)c2C(=O)OC)c1. The maximum Gasteiger partial charge on any atom is 0.357 e. The Morgan fingerprint density at radius 1 is 1.23 bits per heavy atom. The second kappa shape index (κ2) is 6.01. The van der Waals surface area contributed by atoms with Crippen molar-refractivity contribution in [3.63, 3.8) is 0 Å². The van der Waals surface area contributed by atoms with Crippen molar-refractivity contribution in [2.24, 2.45) is 0 Å². The maximum atomic E-state index is 11.9. The van der Waals surface area contributed by atoms with Crippen molar-refractivity contribution in [2.45, 2.75) is 0 Å². The van der Waals surface area contributed by atoms with Gasteiger partial charge in [-0.25, -0.2) is 9.59 Å². The highest BCUT2D eigenvalue weighted by Crippen LogP contribution is 2.25. The summed E-state index contributed by atoms with van der Waals surface area (Å²) in [4.78, 5) is 23.5. The number of hydrogen-bond acceptors (Lipinski definition) is 6. The lowest BCUT2D eigenvalue weighted by molar-refractivity contribution is 0.0588. The summed E-state index contributed by atoms with van der Waals surface area (Å²) in [5, 5.41) is 9.07. The number of nitriles is 1. The average Bonchev–Trinajstić information content (AvgIpc) is 2.90. The van der Waals surface area contributed by atoms with Crippen LogP contribution in [0, 0.1) is 11.3 Å². The summed E-state index contributed by atoms with van der Waals surface area (Å²) < 4.78 is 10.8. The summed E-state index contributed by atoms with van der Waals surface area (Å²) in [5.74, 6) is -1.19. The van der Waals surface area contributed by atoms with Gasteiger partial charge in [0, 0.05) is 11.9 Å². The molecule has 0 aliphatic carbocycles. The lowest BCUT2D eigenvalue weighted by Gasteiger charge is -2.09. The van der Waals surface area contributed by atoms with Gasteiger partial charge in [0.05, 0.1) is 31.0 Å². The molecule has 0 bridgehead atoms. The number of nitrogens with two attached hydrogens (primary N) is 1. The minimum atomic E-state index is -0.678. The van der Waals surface area contributed by atoms with Gasteiger partial charge < -0.3 is 19.8 Å². The first-order valence-corrected chi connectivity index (χ1v) is 6.21. The molecule has 0 spiro atoms. The molecule has 2 N–H and O–H groups in total.